The summed E-state index contributed by atoms with van der Waals surface area (Å²) in [4.78, 5) is 35.5. The van der Waals surface area contributed by atoms with Gasteiger partial charge in [-0.3, -0.25) is 9.59 Å². The molecule has 0 bridgehead atoms. The van der Waals surface area contributed by atoms with Crippen molar-refractivity contribution >= 4 is 33.7 Å². The van der Waals surface area contributed by atoms with E-state index in [4.69, 9.17) is 4.42 Å². The molecule has 0 aliphatic heterocycles. The standard InChI is InChI=1S/C27H23N3O3/c1-27(2,3)24-21(28-15-33-24)14-23-26(32)29-22(25(31)30-23)13-20-18-10-6-4-8-16(18)12-17-9-5-7-11-19(17)20/h4-15H,1-3H3,(H,29,32)(H,30,31). The Kier molecular flexibility index (Phi) is 4.86. The van der Waals surface area contributed by atoms with E-state index in [0.717, 1.165) is 27.1 Å². The second-order valence-electron chi connectivity index (χ2n) is 9.07. The van der Waals surface area contributed by atoms with Gasteiger partial charge in [0.05, 0.1) is 0 Å². The summed E-state index contributed by atoms with van der Waals surface area (Å²) in [6, 6.07) is 18.1. The predicted octanol–water partition coefficient (Wildman–Crippen LogP) is 3.31. The van der Waals surface area contributed by atoms with Crippen molar-refractivity contribution in [2.75, 3.05) is 0 Å². The Morgan fingerprint density at radius 3 is 1.94 bits per heavy atom. The van der Waals surface area contributed by atoms with Crippen LogP contribution in [-0.2, 0) is 5.41 Å². The van der Waals surface area contributed by atoms with Gasteiger partial charge < -0.3 is 14.4 Å². The van der Waals surface area contributed by atoms with Gasteiger partial charge >= 0.3 is 0 Å². The summed E-state index contributed by atoms with van der Waals surface area (Å²) in [5.74, 6) is 0.639. The van der Waals surface area contributed by atoms with Crippen molar-refractivity contribution in [1.82, 2.24) is 15.0 Å². The van der Waals surface area contributed by atoms with Gasteiger partial charge in [-0.1, -0.05) is 69.3 Å². The summed E-state index contributed by atoms with van der Waals surface area (Å²) in [6.45, 7) is 5.97. The Balaban J connectivity index is 1.75. The van der Waals surface area contributed by atoms with Crippen LogP contribution in [0, 0.1) is 0 Å². The monoisotopic (exact) mass is 437 g/mol. The molecule has 2 heterocycles. The molecule has 6 heteroatoms. The quantitative estimate of drug-likeness (QED) is 0.415. The molecule has 0 fully saturated rings. The van der Waals surface area contributed by atoms with Crippen LogP contribution in [0.5, 0.6) is 0 Å². The molecule has 6 nitrogen and oxygen atoms in total. The van der Waals surface area contributed by atoms with Crippen molar-refractivity contribution < 1.29 is 4.42 Å². The topological polar surface area (TPSA) is 91.8 Å². The summed E-state index contributed by atoms with van der Waals surface area (Å²) in [6.07, 6.45) is 4.62. The van der Waals surface area contributed by atoms with Gasteiger partial charge in [0.25, 0.3) is 11.1 Å². The minimum Gasteiger partial charge on any atom is -0.447 e. The molecule has 0 aliphatic carbocycles. The molecule has 0 spiro atoms. The van der Waals surface area contributed by atoms with Crippen LogP contribution >= 0.6 is 0 Å². The number of fused-ring (bicyclic) bond motifs is 2. The third-order valence-electron chi connectivity index (χ3n) is 5.64. The van der Waals surface area contributed by atoms with E-state index in [-0.39, 0.29) is 16.1 Å². The van der Waals surface area contributed by atoms with Crippen molar-refractivity contribution in [2.24, 2.45) is 0 Å². The van der Waals surface area contributed by atoms with Crippen LogP contribution in [0.2, 0.25) is 0 Å². The Labute approximate surface area is 188 Å². The summed E-state index contributed by atoms with van der Waals surface area (Å²) >= 11 is 0. The highest BCUT2D eigenvalue weighted by molar-refractivity contribution is 6.06. The number of H-pyrrole nitrogens is 2. The number of benzene rings is 3. The molecule has 3 aromatic carbocycles. The van der Waals surface area contributed by atoms with Crippen LogP contribution in [0.1, 0.15) is 37.8 Å². The lowest BCUT2D eigenvalue weighted by Gasteiger charge is -2.14. The molecule has 33 heavy (non-hydrogen) atoms. The predicted molar refractivity (Wildman–Crippen MR) is 131 cm³/mol. The van der Waals surface area contributed by atoms with E-state index in [9.17, 15) is 9.59 Å². The summed E-state index contributed by atoms with van der Waals surface area (Å²) in [5.41, 5.74) is 0.305. The lowest BCUT2D eigenvalue weighted by atomic mass is 9.92. The van der Waals surface area contributed by atoms with Gasteiger partial charge in [-0.05, 0) is 45.3 Å². The molecule has 5 rings (SSSR count). The second kappa shape index (κ2) is 7.74. The second-order valence-corrected chi connectivity index (χ2v) is 9.07. The molecule has 0 saturated heterocycles. The third kappa shape index (κ3) is 3.80. The Hall–Kier alpha value is -4.19. The largest absolute Gasteiger partial charge is 0.447 e. The van der Waals surface area contributed by atoms with Crippen molar-refractivity contribution in [3.05, 3.63) is 109 Å². The zero-order chi connectivity index (χ0) is 23.2. The molecule has 0 radical (unpaired) electrons. The van der Waals surface area contributed by atoms with Crippen LogP contribution in [0.15, 0.2) is 75.0 Å². The number of aromatic nitrogens is 3. The molecule has 2 aromatic heterocycles. The van der Waals surface area contributed by atoms with Gasteiger partial charge in [0.15, 0.2) is 6.39 Å². The molecule has 0 unspecified atom stereocenters. The first kappa shape index (κ1) is 20.7. The molecule has 164 valence electrons. The van der Waals surface area contributed by atoms with E-state index in [1.165, 1.54) is 6.39 Å². The van der Waals surface area contributed by atoms with Gasteiger partial charge in [-0.15, -0.1) is 0 Å². The van der Waals surface area contributed by atoms with Crippen LogP contribution in [0.25, 0.3) is 33.7 Å². The summed E-state index contributed by atoms with van der Waals surface area (Å²) in [5, 5.41) is 4.45. The van der Waals surface area contributed by atoms with E-state index in [1.807, 2.05) is 69.3 Å². The van der Waals surface area contributed by atoms with Crippen LogP contribution in [0.4, 0.5) is 0 Å². The Bertz CT molecular complexity index is 1690. The average molecular weight is 437 g/mol. The molecule has 0 atom stereocenters. The number of hydrogen-bond acceptors (Lipinski definition) is 4. The smallest absolute Gasteiger partial charge is 0.272 e. The van der Waals surface area contributed by atoms with E-state index in [1.54, 1.807) is 12.2 Å². The Morgan fingerprint density at radius 1 is 0.818 bits per heavy atom. The van der Waals surface area contributed by atoms with Gasteiger partial charge in [0.2, 0.25) is 0 Å². The van der Waals surface area contributed by atoms with Crippen molar-refractivity contribution in [2.45, 2.75) is 26.2 Å². The number of rotatable bonds is 2. The molecule has 0 saturated carbocycles. The third-order valence-corrected chi connectivity index (χ3v) is 5.64. The lowest BCUT2D eigenvalue weighted by molar-refractivity contribution is 0.407. The van der Waals surface area contributed by atoms with Gasteiger partial charge in [0, 0.05) is 5.41 Å². The number of aromatic amines is 2. The molecule has 0 aliphatic rings. The number of oxazole rings is 1. The van der Waals surface area contributed by atoms with E-state index in [0.29, 0.717) is 11.5 Å². The van der Waals surface area contributed by atoms with Gasteiger partial charge in [0.1, 0.15) is 22.2 Å². The fourth-order valence-corrected chi connectivity index (χ4v) is 4.10. The van der Waals surface area contributed by atoms with Crippen LogP contribution in [0.3, 0.4) is 0 Å². The minimum atomic E-state index is -0.409. The van der Waals surface area contributed by atoms with E-state index < -0.39 is 11.1 Å². The number of hydrogen-bond donors (Lipinski definition) is 2. The number of nitrogens with one attached hydrogen (secondary N) is 2. The lowest BCUT2D eigenvalue weighted by Crippen LogP contribution is -2.46. The highest BCUT2D eigenvalue weighted by Crippen LogP contribution is 2.29. The van der Waals surface area contributed by atoms with Crippen molar-refractivity contribution in [3.63, 3.8) is 0 Å². The fourth-order valence-electron chi connectivity index (χ4n) is 4.10. The van der Waals surface area contributed by atoms with Gasteiger partial charge in [-0.2, -0.15) is 0 Å². The molecule has 0 amide bonds. The summed E-state index contributed by atoms with van der Waals surface area (Å²) in [7, 11) is 0. The number of nitrogens with zero attached hydrogens (tertiary/aromatic N) is 1. The Morgan fingerprint density at radius 2 is 1.36 bits per heavy atom. The maximum Gasteiger partial charge on any atom is 0.272 e. The van der Waals surface area contributed by atoms with E-state index >= 15 is 0 Å². The first-order valence-corrected chi connectivity index (χ1v) is 10.7. The molecular weight excluding hydrogens is 414 g/mol. The fraction of sp³-hybridized carbons (Fsp3) is 0.148. The molecule has 2 N–H and O–H groups in total. The maximum atomic E-state index is 13.0. The highest BCUT2D eigenvalue weighted by Gasteiger charge is 2.22. The SMILES string of the molecule is CC(C)(C)c1ocnc1C=c1[nH]c(=O)c(=Cc2c3ccccc3cc3ccccc23)[nH]c1=O. The summed E-state index contributed by atoms with van der Waals surface area (Å²) < 4.78 is 5.50. The first-order chi connectivity index (χ1) is 15.8. The minimum absolute atomic E-state index is 0.124. The zero-order valence-electron chi connectivity index (χ0n) is 18.6. The van der Waals surface area contributed by atoms with Crippen LogP contribution in [-0.4, -0.2) is 15.0 Å². The molecular formula is C27H23N3O3. The maximum absolute atomic E-state index is 13.0. The van der Waals surface area contributed by atoms with Gasteiger partial charge in [-0.25, -0.2) is 4.98 Å². The average Bonchev–Trinajstić information content (AvgIpc) is 3.26. The highest BCUT2D eigenvalue weighted by atomic mass is 16.3. The van der Waals surface area contributed by atoms with E-state index in [2.05, 4.69) is 21.0 Å². The molecule has 5 aromatic rings. The van der Waals surface area contributed by atoms with Crippen molar-refractivity contribution in [1.29, 1.82) is 0 Å². The van der Waals surface area contributed by atoms with Crippen molar-refractivity contribution in [3.8, 4) is 0 Å². The zero-order valence-corrected chi connectivity index (χ0v) is 18.6. The normalized spacial score (nSPS) is 13.3. The first-order valence-electron chi connectivity index (χ1n) is 10.7. The van der Waals surface area contributed by atoms with Crippen LogP contribution < -0.4 is 21.8 Å².